The van der Waals surface area contributed by atoms with Crippen LogP contribution in [0.4, 0.5) is 17.5 Å². The Morgan fingerprint density at radius 3 is 2.56 bits per heavy atom. The van der Waals surface area contributed by atoms with E-state index in [1.807, 2.05) is 45.0 Å². The van der Waals surface area contributed by atoms with Gasteiger partial charge in [0.15, 0.2) is 0 Å². The Hall–Kier alpha value is -1.99. The Bertz CT molecular complexity index is 755. The minimum absolute atomic E-state index is 0.119. The Kier molecular flexibility index (Phi) is 6.13. The van der Waals surface area contributed by atoms with Crippen LogP contribution in [-0.4, -0.2) is 25.8 Å². The van der Waals surface area contributed by atoms with Crippen LogP contribution in [0.3, 0.4) is 0 Å². The number of hydrogen-bond donors (Lipinski definition) is 3. The lowest BCUT2D eigenvalue weighted by Gasteiger charge is -2.21. The van der Waals surface area contributed by atoms with Crippen molar-refractivity contribution in [3.8, 4) is 0 Å². The summed E-state index contributed by atoms with van der Waals surface area (Å²) < 4.78 is 15.3. The van der Waals surface area contributed by atoms with Crippen LogP contribution in [0.5, 0.6) is 0 Å². The van der Waals surface area contributed by atoms with Crippen molar-refractivity contribution in [2.24, 2.45) is 0 Å². The van der Waals surface area contributed by atoms with Crippen molar-refractivity contribution in [3.05, 3.63) is 36.0 Å². The molecule has 6 nitrogen and oxygen atoms in total. The minimum atomic E-state index is -1.24. The zero-order chi connectivity index (χ0) is 18.6. The highest BCUT2D eigenvalue weighted by atomic mass is 32.2. The molecule has 1 heterocycles. The number of aryl methyl sites for hydroxylation is 1. The molecule has 1 aromatic carbocycles. The number of hydrogen-bond acceptors (Lipinski definition) is 5. The van der Waals surface area contributed by atoms with Crippen molar-refractivity contribution in [2.45, 2.75) is 58.0 Å². The van der Waals surface area contributed by atoms with E-state index in [2.05, 4.69) is 46.1 Å². The van der Waals surface area contributed by atoms with Crippen LogP contribution in [0.2, 0.25) is 0 Å². The van der Waals surface area contributed by atoms with E-state index in [1.54, 1.807) is 6.20 Å². The highest BCUT2D eigenvalue weighted by Crippen LogP contribution is 2.22. The van der Waals surface area contributed by atoms with Crippen LogP contribution in [0, 0.1) is 6.92 Å². The Labute approximate surface area is 152 Å². The third-order valence-electron chi connectivity index (χ3n) is 3.11. The fraction of sp³-hybridized carbons (Fsp3) is 0.444. The maximum Gasteiger partial charge on any atom is 0.225 e. The maximum atomic E-state index is 12.3. The maximum absolute atomic E-state index is 12.3. The van der Waals surface area contributed by atoms with Gasteiger partial charge in [-0.05, 0) is 59.7 Å². The summed E-state index contributed by atoms with van der Waals surface area (Å²) in [6.45, 7) is 12.1. The van der Waals surface area contributed by atoms with E-state index in [-0.39, 0.29) is 11.6 Å². The molecular formula is C18H27N5OS. The van der Waals surface area contributed by atoms with Crippen LogP contribution >= 0.6 is 0 Å². The third-order valence-corrected chi connectivity index (χ3v) is 4.48. The van der Waals surface area contributed by atoms with Gasteiger partial charge in [0, 0.05) is 29.0 Å². The molecular weight excluding hydrogens is 334 g/mol. The van der Waals surface area contributed by atoms with Gasteiger partial charge in [0.05, 0.1) is 4.90 Å². The second-order valence-corrected chi connectivity index (χ2v) is 8.54. The molecule has 1 aromatic heterocycles. The second kappa shape index (κ2) is 7.93. The SMILES string of the molecule is Cc1cnc(NC(C)(C)C)nc1Nc1cccc(S(=O)NC(C)C)c1. The van der Waals surface area contributed by atoms with E-state index in [4.69, 9.17) is 0 Å². The second-order valence-electron chi connectivity index (χ2n) is 7.29. The van der Waals surface area contributed by atoms with Crippen molar-refractivity contribution in [2.75, 3.05) is 10.6 Å². The summed E-state index contributed by atoms with van der Waals surface area (Å²) >= 11 is 0. The molecule has 25 heavy (non-hydrogen) atoms. The molecule has 3 N–H and O–H groups in total. The molecule has 1 atom stereocenters. The summed E-state index contributed by atoms with van der Waals surface area (Å²) in [4.78, 5) is 9.60. The molecule has 0 aliphatic rings. The van der Waals surface area contributed by atoms with Crippen LogP contribution in [0.1, 0.15) is 40.2 Å². The molecule has 2 aromatic rings. The predicted octanol–water partition coefficient (Wildman–Crippen LogP) is 3.76. The predicted molar refractivity (Wildman–Crippen MR) is 105 cm³/mol. The van der Waals surface area contributed by atoms with Gasteiger partial charge in [0.1, 0.15) is 16.8 Å². The number of anilines is 3. The molecule has 0 amide bonds. The van der Waals surface area contributed by atoms with Crippen molar-refractivity contribution < 1.29 is 4.21 Å². The first-order valence-electron chi connectivity index (χ1n) is 8.31. The van der Waals surface area contributed by atoms with Crippen molar-refractivity contribution in [3.63, 3.8) is 0 Å². The molecule has 0 fully saturated rings. The molecule has 1 unspecified atom stereocenters. The normalized spacial score (nSPS) is 12.9. The van der Waals surface area contributed by atoms with E-state index in [0.717, 1.165) is 22.0 Å². The standard InChI is InChI=1S/C18H27N5OS/c1-12(2)23-25(24)15-9-7-8-14(10-15)20-16-13(3)11-19-17(21-16)22-18(4,5)6/h7-12,23H,1-6H3,(H2,19,20,21,22). The monoisotopic (exact) mass is 361 g/mol. The van der Waals surface area contributed by atoms with E-state index in [9.17, 15) is 4.21 Å². The molecule has 136 valence electrons. The number of rotatable bonds is 6. The zero-order valence-corrected chi connectivity index (χ0v) is 16.5. The first kappa shape index (κ1) is 19.3. The molecule has 2 rings (SSSR count). The molecule has 7 heteroatoms. The highest BCUT2D eigenvalue weighted by Gasteiger charge is 2.13. The van der Waals surface area contributed by atoms with Crippen LogP contribution in [-0.2, 0) is 11.0 Å². The zero-order valence-electron chi connectivity index (χ0n) is 15.7. The fourth-order valence-corrected chi connectivity index (χ4v) is 3.07. The number of nitrogens with zero attached hydrogens (tertiary/aromatic N) is 2. The van der Waals surface area contributed by atoms with Gasteiger partial charge in [0.2, 0.25) is 5.95 Å². The van der Waals surface area contributed by atoms with E-state index >= 15 is 0 Å². The van der Waals surface area contributed by atoms with Gasteiger partial charge in [-0.3, -0.25) is 0 Å². The average molecular weight is 362 g/mol. The average Bonchev–Trinajstić information content (AvgIpc) is 2.49. The van der Waals surface area contributed by atoms with Gasteiger partial charge in [-0.15, -0.1) is 0 Å². The quantitative estimate of drug-likeness (QED) is 0.730. The topological polar surface area (TPSA) is 78.9 Å². The first-order chi connectivity index (χ1) is 11.6. The molecule has 0 saturated heterocycles. The summed E-state index contributed by atoms with van der Waals surface area (Å²) in [7, 11) is -1.24. The molecule has 0 saturated carbocycles. The summed E-state index contributed by atoms with van der Waals surface area (Å²) in [6, 6.07) is 7.66. The molecule has 0 aliphatic carbocycles. The largest absolute Gasteiger partial charge is 0.350 e. The Morgan fingerprint density at radius 2 is 1.92 bits per heavy atom. The van der Waals surface area contributed by atoms with Crippen LogP contribution in [0.15, 0.2) is 35.4 Å². The van der Waals surface area contributed by atoms with Crippen molar-refractivity contribution in [1.29, 1.82) is 0 Å². The minimum Gasteiger partial charge on any atom is -0.350 e. The van der Waals surface area contributed by atoms with Gasteiger partial charge >= 0.3 is 0 Å². The van der Waals surface area contributed by atoms with Gasteiger partial charge in [-0.1, -0.05) is 6.07 Å². The van der Waals surface area contributed by atoms with Gasteiger partial charge in [-0.2, -0.15) is 4.98 Å². The number of aromatic nitrogens is 2. The van der Waals surface area contributed by atoms with Crippen molar-refractivity contribution >= 4 is 28.4 Å². The summed E-state index contributed by atoms with van der Waals surface area (Å²) in [5, 5.41) is 6.56. The summed E-state index contributed by atoms with van der Waals surface area (Å²) in [5.41, 5.74) is 1.65. The van der Waals surface area contributed by atoms with Crippen LogP contribution in [0.25, 0.3) is 0 Å². The van der Waals surface area contributed by atoms with Gasteiger partial charge in [-0.25, -0.2) is 13.9 Å². The molecule has 0 aliphatic heterocycles. The summed E-state index contributed by atoms with van der Waals surface area (Å²) in [5.74, 6) is 1.29. The van der Waals surface area contributed by atoms with Crippen molar-refractivity contribution in [1.82, 2.24) is 14.7 Å². The molecule has 0 radical (unpaired) electrons. The van der Waals surface area contributed by atoms with Gasteiger partial charge in [0.25, 0.3) is 0 Å². The number of benzene rings is 1. The molecule has 0 spiro atoms. The van der Waals surface area contributed by atoms with E-state index in [1.165, 1.54) is 0 Å². The smallest absolute Gasteiger partial charge is 0.225 e. The lowest BCUT2D eigenvalue weighted by atomic mass is 10.1. The first-order valence-corrected chi connectivity index (χ1v) is 9.46. The van der Waals surface area contributed by atoms with E-state index in [0.29, 0.717) is 5.95 Å². The Morgan fingerprint density at radius 1 is 1.20 bits per heavy atom. The van der Waals surface area contributed by atoms with Crippen LogP contribution < -0.4 is 15.4 Å². The summed E-state index contributed by atoms with van der Waals surface area (Å²) in [6.07, 6.45) is 1.78. The number of nitrogens with one attached hydrogen (secondary N) is 3. The molecule has 0 bridgehead atoms. The third kappa shape index (κ3) is 6.10. The fourth-order valence-electron chi connectivity index (χ4n) is 2.07. The van der Waals surface area contributed by atoms with Gasteiger partial charge < -0.3 is 10.6 Å². The lowest BCUT2D eigenvalue weighted by Crippen LogP contribution is -2.27. The lowest BCUT2D eigenvalue weighted by molar-refractivity contribution is 0.626. The highest BCUT2D eigenvalue weighted by molar-refractivity contribution is 7.83. The Balaban J connectivity index is 2.22. The van der Waals surface area contributed by atoms with E-state index < -0.39 is 11.0 Å².